The average molecular weight is 361 g/mol. The van der Waals surface area contributed by atoms with Gasteiger partial charge in [-0.15, -0.1) is 0 Å². The minimum Gasteiger partial charge on any atom is -0.458 e. The van der Waals surface area contributed by atoms with Crippen LogP contribution in [-0.2, 0) is 19.1 Å². The summed E-state index contributed by atoms with van der Waals surface area (Å²) in [7, 11) is 0. The Hall–Kier alpha value is -2.13. The molecule has 9 heteroatoms. The highest BCUT2D eigenvalue weighted by atomic mass is 19.2. The van der Waals surface area contributed by atoms with Gasteiger partial charge in [0.2, 0.25) is 0 Å². The van der Waals surface area contributed by atoms with Gasteiger partial charge in [-0.05, 0) is 20.8 Å². The van der Waals surface area contributed by atoms with E-state index in [1.54, 1.807) is 20.8 Å². The number of hydrogen-bond donors (Lipinski definition) is 1. The van der Waals surface area contributed by atoms with Crippen LogP contribution in [0.3, 0.4) is 0 Å². The summed E-state index contributed by atoms with van der Waals surface area (Å²) in [5.41, 5.74) is -1.13. The molecule has 0 spiro atoms. The summed E-state index contributed by atoms with van der Waals surface area (Å²) in [6.45, 7) is 4.56. The van der Waals surface area contributed by atoms with Gasteiger partial charge in [0.1, 0.15) is 5.60 Å². The maximum Gasteiger partial charge on any atom is 0.338 e. The maximum absolute atomic E-state index is 13.4. The number of ether oxygens (including phenoxy) is 2. The van der Waals surface area contributed by atoms with Crippen molar-refractivity contribution in [1.29, 1.82) is 0 Å². The molecule has 0 aliphatic carbocycles. The number of carbonyl (C=O) groups excluding carboxylic acids is 2. The fourth-order valence-electron chi connectivity index (χ4n) is 2.27. The van der Waals surface area contributed by atoms with Gasteiger partial charge in [0.05, 0.1) is 6.61 Å². The molecule has 1 aromatic rings. The molecule has 1 aliphatic rings. The Bertz CT molecular complexity index is 666. The lowest BCUT2D eigenvalue weighted by molar-refractivity contribution is -0.177. The topological polar surface area (TPSA) is 76.1 Å². The van der Waals surface area contributed by atoms with Crippen molar-refractivity contribution >= 4 is 17.6 Å². The van der Waals surface area contributed by atoms with Gasteiger partial charge in [-0.2, -0.15) is 0 Å². The van der Waals surface area contributed by atoms with Gasteiger partial charge in [0, 0.05) is 24.4 Å². The number of morpholine rings is 1. The van der Waals surface area contributed by atoms with Crippen molar-refractivity contribution in [3.8, 4) is 0 Å². The minimum atomic E-state index is -1.91. The molecule has 0 saturated carbocycles. The number of rotatable bonds is 3. The monoisotopic (exact) mass is 361 g/mol. The van der Waals surface area contributed by atoms with Crippen LogP contribution in [0, 0.1) is 17.5 Å². The fourth-order valence-corrected chi connectivity index (χ4v) is 2.27. The van der Waals surface area contributed by atoms with Crippen molar-refractivity contribution in [2.45, 2.75) is 38.6 Å². The van der Waals surface area contributed by atoms with Crippen molar-refractivity contribution in [3.63, 3.8) is 0 Å². The number of hydrogen-bond acceptors (Lipinski definition) is 5. The number of anilines is 1. The second-order valence-electron chi connectivity index (χ2n) is 6.48. The Kier molecular flexibility index (Phi) is 5.38. The number of aliphatic hydroxyl groups excluding tert-OH is 1. The number of benzene rings is 1. The number of carbonyl (C=O) groups is 2. The molecule has 1 aromatic carbocycles. The molecule has 1 amide bonds. The standard InChI is InChI=1S/C16H18F3NO5/c1-16(2,3)25-15(23)12(21)13-14(22)20(4-5-24-13)8-6-9(17)11(19)10(18)7-8/h6-7,12-13,21H,4-5H2,1-3H3/t12-,13-/m1/s1. The van der Waals surface area contributed by atoms with Crippen molar-refractivity contribution in [2.75, 3.05) is 18.1 Å². The summed E-state index contributed by atoms with van der Waals surface area (Å²) < 4.78 is 49.9. The molecule has 1 saturated heterocycles. The van der Waals surface area contributed by atoms with Gasteiger partial charge in [-0.3, -0.25) is 4.79 Å². The number of halogens is 3. The molecule has 1 heterocycles. The molecule has 2 atom stereocenters. The summed E-state index contributed by atoms with van der Waals surface area (Å²) in [6, 6.07) is 1.30. The Morgan fingerprint density at radius 2 is 1.88 bits per heavy atom. The largest absolute Gasteiger partial charge is 0.458 e. The van der Waals surface area contributed by atoms with Crippen molar-refractivity contribution in [3.05, 3.63) is 29.6 Å². The fraction of sp³-hybridized carbons (Fsp3) is 0.500. The predicted octanol–water partition coefficient (Wildman–Crippen LogP) is 1.54. The van der Waals surface area contributed by atoms with Gasteiger partial charge in [-0.1, -0.05) is 0 Å². The Morgan fingerprint density at radius 3 is 2.40 bits per heavy atom. The first kappa shape index (κ1) is 19.2. The number of nitrogens with zero attached hydrogens (tertiary/aromatic N) is 1. The third-order valence-corrected chi connectivity index (χ3v) is 3.34. The van der Waals surface area contributed by atoms with Gasteiger partial charge in [-0.25, -0.2) is 18.0 Å². The molecule has 1 N–H and O–H groups in total. The van der Waals surface area contributed by atoms with E-state index < -0.39 is 47.1 Å². The van der Waals surface area contributed by atoms with Crippen LogP contribution in [0.25, 0.3) is 0 Å². The molecule has 1 aliphatic heterocycles. The lowest BCUT2D eigenvalue weighted by Crippen LogP contribution is -2.55. The third kappa shape index (κ3) is 4.29. The van der Waals surface area contributed by atoms with E-state index in [9.17, 15) is 27.9 Å². The van der Waals surface area contributed by atoms with E-state index in [0.29, 0.717) is 12.1 Å². The number of esters is 1. The van der Waals surface area contributed by atoms with E-state index >= 15 is 0 Å². The maximum atomic E-state index is 13.4. The minimum absolute atomic E-state index is 0.0825. The SMILES string of the molecule is CC(C)(C)OC(=O)[C@H](O)[C@H]1OCCN(c2cc(F)c(F)c(F)c2)C1=O. The van der Waals surface area contributed by atoms with Crippen LogP contribution in [0.5, 0.6) is 0 Å². The van der Waals surface area contributed by atoms with Crippen LogP contribution in [0.15, 0.2) is 12.1 Å². The van der Waals surface area contributed by atoms with Crippen LogP contribution in [0.1, 0.15) is 20.8 Å². The van der Waals surface area contributed by atoms with E-state index in [4.69, 9.17) is 9.47 Å². The second-order valence-corrected chi connectivity index (χ2v) is 6.48. The zero-order chi connectivity index (χ0) is 18.9. The summed E-state index contributed by atoms with van der Waals surface area (Å²) in [4.78, 5) is 25.3. The number of amides is 1. The molecular formula is C16H18F3NO5. The summed E-state index contributed by atoms with van der Waals surface area (Å²) in [6.07, 6.45) is -3.51. The van der Waals surface area contributed by atoms with E-state index in [0.717, 1.165) is 4.90 Å². The summed E-state index contributed by atoms with van der Waals surface area (Å²) in [5.74, 6) is -6.54. The van der Waals surface area contributed by atoms with Gasteiger partial charge in [0.15, 0.2) is 29.7 Å². The Balaban J connectivity index is 2.22. The average Bonchev–Trinajstić information content (AvgIpc) is 2.50. The zero-order valence-electron chi connectivity index (χ0n) is 13.9. The third-order valence-electron chi connectivity index (χ3n) is 3.34. The van der Waals surface area contributed by atoms with E-state index in [1.165, 1.54) is 0 Å². The van der Waals surface area contributed by atoms with Crippen LogP contribution in [0.2, 0.25) is 0 Å². The second kappa shape index (κ2) is 7.01. The molecule has 1 fully saturated rings. The quantitative estimate of drug-likeness (QED) is 0.653. The van der Waals surface area contributed by atoms with E-state index in [1.807, 2.05) is 0 Å². The van der Waals surface area contributed by atoms with Gasteiger partial charge in [0.25, 0.3) is 5.91 Å². The first-order valence-electron chi connectivity index (χ1n) is 7.49. The smallest absolute Gasteiger partial charge is 0.338 e. The lowest BCUT2D eigenvalue weighted by Gasteiger charge is -2.34. The highest BCUT2D eigenvalue weighted by Gasteiger charge is 2.41. The molecule has 25 heavy (non-hydrogen) atoms. The molecule has 0 aromatic heterocycles. The highest BCUT2D eigenvalue weighted by Crippen LogP contribution is 2.25. The summed E-state index contributed by atoms with van der Waals surface area (Å²) >= 11 is 0. The van der Waals surface area contributed by atoms with Crippen molar-refractivity contribution < 1.29 is 37.3 Å². The van der Waals surface area contributed by atoms with Crippen LogP contribution in [0.4, 0.5) is 18.9 Å². The van der Waals surface area contributed by atoms with Crippen molar-refractivity contribution in [2.24, 2.45) is 0 Å². The van der Waals surface area contributed by atoms with E-state index in [2.05, 4.69) is 0 Å². The molecule has 0 bridgehead atoms. The van der Waals surface area contributed by atoms with Gasteiger partial charge >= 0.3 is 5.97 Å². The van der Waals surface area contributed by atoms with Crippen LogP contribution < -0.4 is 4.90 Å². The predicted molar refractivity (Wildman–Crippen MR) is 80.3 cm³/mol. The first-order valence-corrected chi connectivity index (χ1v) is 7.49. The normalized spacial score (nSPS) is 19.7. The highest BCUT2D eigenvalue weighted by molar-refractivity contribution is 6.00. The molecule has 0 unspecified atom stereocenters. The number of aliphatic hydroxyl groups is 1. The lowest BCUT2D eigenvalue weighted by atomic mass is 10.1. The van der Waals surface area contributed by atoms with Crippen LogP contribution >= 0.6 is 0 Å². The van der Waals surface area contributed by atoms with Gasteiger partial charge < -0.3 is 19.5 Å². The molecule has 2 rings (SSSR count). The first-order chi connectivity index (χ1) is 11.5. The van der Waals surface area contributed by atoms with E-state index in [-0.39, 0.29) is 18.8 Å². The molecular weight excluding hydrogens is 343 g/mol. The van der Waals surface area contributed by atoms with Crippen LogP contribution in [-0.4, -0.2) is 47.9 Å². The zero-order valence-corrected chi connectivity index (χ0v) is 13.9. The molecule has 0 radical (unpaired) electrons. The Morgan fingerprint density at radius 1 is 1.32 bits per heavy atom. The molecule has 6 nitrogen and oxygen atoms in total. The molecule has 138 valence electrons. The summed E-state index contributed by atoms with van der Waals surface area (Å²) in [5, 5.41) is 10.0. The Labute approximate surface area is 142 Å². The van der Waals surface area contributed by atoms with Crippen molar-refractivity contribution in [1.82, 2.24) is 0 Å².